The first-order valence-electron chi connectivity index (χ1n) is 17.4. The highest BCUT2D eigenvalue weighted by Crippen LogP contribution is 2.59. The van der Waals surface area contributed by atoms with Crippen molar-refractivity contribution in [3.8, 4) is 0 Å². The number of para-hydroxylation sites is 2. The summed E-state index contributed by atoms with van der Waals surface area (Å²) < 4.78 is 6.54. The first-order chi connectivity index (χ1) is 22.9. The molecule has 47 heavy (non-hydrogen) atoms. The van der Waals surface area contributed by atoms with E-state index in [1.165, 1.54) is 33.3 Å². The number of benzene rings is 3. The molecule has 0 radical (unpaired) electrons. The molecule has 0 bridgehead atoms. The maximum absolute atomic E-state index is 6.54. The molecule has 0 fully saturated rings. The number of fused-ring (bicyclic) bond motifs is 8. The second kappa shape index (κ2) is 11.3. The molecule has 7 nitrogen and oxygen atoms in total. The Hall–Kier alpha value is -4.52. The summed E-state index contributed by atoms with van der Waals surface area (Å²) in [6.45, 7) is 9.53. The van der Waals surface area contributed by atoms with Crippen molar-refractivity contribution in [2.45, 2.75) is 78.0 Å². The average Bonchev–Trinajstić information content (AvgIpc) is 3.73. The van der Waals surface area contributed by atoms with Gasteiger partial charge in [0.25, 0.3) is 0 Å². The van der Waals surface area contributed by atoms with Crippen molar-refractivity contribution in [3.63, 3.8) is 0 Å². The van der Waals surface area contributed by atoms with Crippen molar-refractivity contribution in [1.82, 2.24) is 14.9 Å². The molecule has 5 aromatic rings. The zero-order chi connectivity index (χ0) is 32.4. The normalized spacial score (nSPS) is 25.1. The minimum atomic E-state index is 0.0190. The van der Waals surface area contributed by atoms with Gasteiger partial charge in [-0.05, 0) is 74.1 Å². The van der Waals surface area contributed by atoms with Crippen LogP contribution in [0.25, 0.3) is 21.9 Å². The lowest BCUT2D eigenvalue weighted by atomic mass is 9.63. The van der Waals surface area contributed by atoms with Crippen molar-refractivity contribution in [2.24, 2.45) is 11.3 Å². The van der Waals surface area contributed by atoms with Gasteiger partial charge < -0.3 is 24.0 Å². The molecule has 5 atom stereocenters. The summed E-state index contributed by atoms with van der Waals surface area (Å²) in [6.07, 6.45) is 14.1. The van der Waals surface area contributed by atoms with E-state index in [-0.39, 0.29) is 17.7 Å². The highest BCUT2D eigenvalue weighted by atomic mass is 16.3. The highest BCUT2D eigenvalue weighted by molar-refractivity contribution is 6.09. The zero-order valence-corrected chi connectivity index (χ0v) is 28.5. The number of hydrogen-bond donors (Lipinski definition) is 0. The Labute approximate surface area is 278 Å². The first-order valence-corrected chi connectivity index (χ1v) is 17.4. The summed E-state index contributed by atoms with van der Waals surface area (Å²) in [5, 5.41) is 2.36. The minimum absolute atomic E-state index is 0.0190. The third-order valence-corrected chi connectivity index (χ3v) is 11.8. The minimum Gasteiger partial charge on any atom is -0.454 e. The van der Waals surface area contributed by atoms with E-state index >= 15 is 0 Å². The zero-order valence-electron chi connectivity index (χ0n) is 28.5. The summed E-state index contributed by atoms with van der Waals surface area (Å²) in [5.41, 5.74) is 8.25. The Morgan fingerprint density at radius 3 is 2.53 bits per heavy atom. The molecule has 3 aliphatic rings. The average molecular weight is 627 g/mol. The Morgan fingerprint density at radius 1 is 0.894 bits per heavy atom. The second-order valence-corrected chi connectivity index (χ2v) is 14.1. The molecule has 0 N–H and O–H groups in total. The van der Waals surface area contributed by atoms with Crippen LogP contribution in [0, 0.1) is 18.3 Å². The van der Waals surface area contributed by atoms with E-state index in [2.05, 4.69) is 139 Å². The topological polar surface area (TPSA) is 51.9 Å². The molecule has 5 heterocycles. The van der Waals surface area contributed by atoms with Gasteiger partial charge in [0.2, 0.25) is 0 Å². The van der Waals surface area contributed by atoms with Crippen LogP contribution >= 0.6 is 0 Å². The number of furan rings is 1. The van der Waals surface area contributed by atoms with E-state index < -0.39 is 0 Å². The summed E-state index contributed by atoms with van der Waals surface area (Å²) in [6, 6.07) is 22.0. The molecule has 3 aromatic carbocycles. The van der Waals surface area contributed by atoms with E-state index in [1.54, 1.807) is 6.33 Å². The predicted molar refractivity (Wildman–Crippen MR) is 193 cm³/mol. The van der Waals surface area contributed by atoms with E-state index in [0.717, 1.165) is 54.8 Å². The molecule has 0 aliphatic carbocycles. The van der Waals surface area contributed by atoms with Crippen LogP contribution in [0.4, 0.5) is 22.9 Å². The van der Waals surface area contributed by atoms with Gasteiger partial charge in [-0.25, -0.2) is 9.97 Å². The van der Waals surface area contributed by atoms with Crippen LogP contribution in [-0.2, 0) is 0 Å². The maximum Gasteiger partial charge on any atom is 0.159 e. The van der Waals surface area contributed by atoms with Crippen molar-refractivity contribution >= 4 is 44.8 Å². The van der Waals surface area contributed by atoms with Gasteiger partial charge in [0.1, 0.15) is 29.9 Å². The lowest BCUT2D eigenvalue weighted by Crippen LogP contribution is -2.53. The van der Waals surface area contributed by atoms with Crippen LogP contribution in [0.5, 0.6) is 0 Å². The molecule has 0 saturated heterocycles. The van der Waals surface area contributed by atoms with Gasteiger partial charge >= 0.3 is 0 Å². The Morgan fingerprint density at radius 2 is 1.70 bits per heavy atom. The smallest absolute Gasteiger partial charge is 0.159 e. The molecule has 8 rings (SSSR count). The van der Waals surface area contributed by atoms with E-state index in [4.69, 9.17) is 9.40 Å². The number of hydrogen-bond acceptors (Lipinski definition) is 7. The van der Waals surface area contributed by atoms with Crippen LogP contribution in [0.3, 0.4) is 0 Å². The lowest BCUT2D eigenvalue weighted by molar-refractivity contribution is 0.102. The van der Waals surface area contributed by atoms with Gasteiger partial charge in [-0.15, -0.1) is 0 Å². The van der Waals surface area contributed by atoms with E-state index in [9.17, 15) is 0 Å². The lowest BCUT2D eigenvalue weighted by Gasteiger charge is -2.48. The van der Waals surface area contributed by atoms with Crippen molar-refractivity contribution < 1.29 is 4.42 Å². The molecule has 242 valence electrons. The fraction of sp³-hybridized carbons (Fsp3) is 0.400. The van der Waals surface area contributed by atoms with Gasteiger partial charge in [0, 0.05) is 48.4 Å². The summed E-state index contributed by atoms with van der Waals surface area (Å²) in [5.74, 6) is 1.98. The van der Waals surface area contributed by atoms with Crippen LogP contribution in [0.2, 0.25) is 0 Å². The summed E-state index contributed by atoms with van der Waals surface area (Å²) >= 11 is 0. The quantitative estimate of drug-likeness (QED) is 0.178. The van der Waals surface area contributed by atoms with Gasteiger partial charge in [-0.2, -0.15) is 0 Å². The van der Waals surface area contributed by atoms with Gasteiger partial charge in [-0.3, -0.25) is 0 Å². The number of aromatic nitrogens is 2. The third kappa shape index (κ3) is 4.38. The SMILES string of the molecule is CCC1c2ccccc2N2c3cncnc3N(C)C2C(C)(CC)C1CCCC1N(C)C=CN1c1c(C)ccc2c1oc1ccccc12. The van der Waals surface area contributed by atoms with Gasteiger partial charge in [0.15, 0.2) is 11.4 Å². The molecule has 0 spiro atoms. The standard InChI is InChI=1S/C40H46N6O/c1-7-27-28-14-9-11-17-32(28)46-33-24-41-25-42-38(33)44(6)39(46)40(4,8-2)31(27)16-13-19-35-43(5)22-23-45(35)36-26(3)20-21-30-29-15-10-12-18-34(29)47-37(30)36/h9-12,14-15,17-18,20-25,27,31,35,39H,7-8,13,16,19H2,1-6H3. The second-order valence-electron chi connectivity index (χ2n) is 14.1. The fourth-order valence-corrected chi connectivity index (χ4v) is 9.40. The number of rotatable bonds is 7. The number of nitrogens with zero attached hydrogens (tertiary/aromatic N) is 6. The van der Waals surface area contributed by atoms with Crippen LogP contribution in [0.15, 0.2) is 90.0 Å². The molecule has 2 aromatic heterocycles. The molecule has 3 aliphatic heterocycles. The Bertz CT molecular complexity index is 1980. The molecular weight excluding hydrogens is 580 g/mol. The highest BCUT2D eigenvalue weighted by Gasteiger charge is 2.54. The van der Waals surface area contributed by atoms with Gasteiger partial charge in [-0.1, -0.05) is 69.3 Å². The number of anilines is 4. The van der Waals surface area contributed by atoms with Crippen molar-refractivity contribution in [1.29, 1.82) is 0 Å². The number of aryl methyl sites for hydroxylation is 1. The summed E-state index contributed by atoms with van der Waals surface area (Å²) in [4.78, 5) is 19.1. The molecule has 5 unspecified atom stereocenters. The van der Waals surface area contributed by atoms with E-state index in [1.807, 2.05) is 6.20 Å². The first kappa shape index (κ1) is 29.9. The third-order valence-electron chi connectivity index (χ3n) is 11.8. The summed E-state index contributed by atoms with van der Waals surface area (Å²) in [7, 11) is 4.44. The van der Waals surface area contributed by atoms with Crippen LogP contribution < -0.4 is 14.7 Å². The molecule has 0 amide bonds. The van der Waals surface area contributed by atoms with Crippen LogP contribution in [0.1, 0.15) is 69.9 Å². The largest absolute Gasteiger partial charge is 0.454 e. The van der Waals surface area contributed by atoms with Crippen molar-refractivity contribution in [2.75, 3.05) is 28.8 Å². The monoisotopic (exact) mass is 626 g/mol. The Kier molecular flexibility index (Phi) is 7.19. The molecule has 0 saturated carbocycles. The van der Waals surface area contributed by atoms with Crippen molar-refractivity contribution in [3.05, 3.63) is 96.7 Å². The molecular formula is C40H46N6O. The fourth-order valence-electron chi connectivity index (χ4n) is 9.40. The van der Waals surface area contributed by atoms with Gasteiger partial charge in [0.05, 0.1) is 11.9 Å². The van der Waals surface area contributed by atoms with Crippen LogP contribution in [-0.4, -0.2) is 41.3 Å². The van der Waals surface area contributed by atoms with E-state index in [0.29, 0.717) is 11.8 Å². The predicted octanol–water partition coefficient (Wildman–Crippen LogP) is 9.56. The maximum atomic E-state index is 6.54. The molecule has 7 heteroatoms. The Balaban J connectivity index is 1.13.